The molecule has 3 rings (SSSR count). The van der Waals surface area contributed by atoms with Crippen molar-refractivity contribution >= 4 is 0 Å². The summed E-state index contributed by atoms with van der Waals surface area (Å²) in [6, 6.07) is 16.6. The number of ether oxygens (including phenoxy) is 1. The number of rotatable bonds is 4. The van der Waals surface area contributed by atoms with Gasteiger partial charge in [0.1, 0.15) is 5.75 Å². The van der Waals surface area contributed by atoms with E-state index in [4.69, 9.17) is 4.74 Å². The van der Waals surface area contributed by atoms with Crippen molar-refractivity contribution in [3.05, 3.63) is 65.2 Å². The van der Waals surface area contributed by atoms with Crippen LogP contribution in [0.4, 0.5) is 0 Å². The Bertz CT molecular complexity index is 641. The third-order valence-electron chi connectivity index (χ3n) is 4.68. The molecule has 3 nitrogen and oxygen atoms in total. The van der Waals surface area contributed by atoms with Gasteiger partial charge in [0, 0.05) is 18.5 Å². The minimum absolute atomic E-state index is 0.163. The predicted octanol–water partition coefficient (Wildman–Crippen LogP) is 3.55. The minimum Gasteiger partial charge on any atom is -0.497 e. The summed E-state index contributed by atoms with van der Waals surface area (Å²) >= 11 is 0. The Balaban J connectivity index is 1.90. The maximum absolute atomic E-state index is 10.5. The molecule has 2 aromatic rings. The average molecular weight is 297 g/mol. The lowest BCUT2D eigenvalue weighted by molar-refractivity contribution is 0.0754. The molecule has 0 fully saturated rings. The smallest absolute Gasteiger partial charge is 0.119 e. The highest BCUT2D eigenvalue weighted by molar-refractivity contribution is 5.43. The number of benzene rings is 2. The Morgan fingerprint density at radius 1 is 1.09 bits per heavy atom. The van der Waals surface area contributed by atoms with Gasteiger partial charge in [0.05, 0.1) is 13.2 Å². The highest BCUT2D eigenvalue weighted by Gasteiger charge is 2.39. The molecule has 0 saturated carbocycles. The molecular weight excluding hydrogens is 274 g/mol. The van der Waals surface area contributed by atoms with Crippen LogP contribution in [0, 0.1) is 5.92 Å². The monoisotopic (exact) mass is 297 g/mol. The first-order valence-corrected chi connectivity index (χ1v) is 7.72. The topological polar surface area (TPSA) is 32.7 Å². The second-order valence-corrected chi connectivity index (χ2v) is 6.14. The van der Waals surface area contributed by atoms with Gasteiger partial charge in [0.15, 0.2) is 0 Å². The molecule has 0 spiro atoms. The molecule has 1 aliphatic carbocycles. The van der Waals surface area contributed by atoms with Crippen LogP contribution in [-0.2, 0) is 6.54 Å². The van der Waals surface area contributed by atoms with Gasteiger partial charge >= 0.3 is 0 Å². The van der Waals surface area contributed by atoms with E-state index in [-0.39, 0.29) is 12.0 Å². The number of hydrogen-bond donors (Lipinski definition) is 1. The van der Waals surface area contributed by atoms with E-state index in [0.717, 1.165) is 17.9 Å². The quantitative estimate of drug-likeness (QED) is 0.936. The van der Waals surface area contributed by atoms with Gasteiger partial charge in [-0.2, -0.15) is 0 Å². The zero-order chi connectivity index (χ0) is 15.7. The zero-order valence-electron chi connectivity index (χ0n) is 13.4. The van der Waals surface area contributed by atoms with Gasteiger partial charge < -0.3 is 9.84 Å². The molecule has 1 N–H and O–H groups in total. The fourth-order valence-corrected chi connectivity index (χ4v) is 3.55. The summed E-state index contributed by atoms with van der Waals surface area (Å²) in [5, 5.41) is 10.5. The summed E-state index contributed by atoms with van der Waals surface area (Å²) < 4.78 is 5.36. The maximum Gasteiger partial charge on any atom is 0.119 e. The predicted molar refractivity (Wildman–Crippen MR) is 87.8 cm³/mol. The van der Waals surface area contributed by atoms with Crippen LogP contribution in [0.3, 0.4) is 0 Å². The van der Waals surface area contributed by atoms with Crippen LogP contribution < -0.4 is 4.74 Å². The van der Waals surface area contributed by atoms with Crippen molar-refractivity contribution in [3.8, 4) is 5.75 Å². The van der Waals surface area contributed by atoms with E-state index in [2.05, 4.69) is 49.2 Å². The van der Waals surface area contributed by atoms with Crippen molar-refractivity contribution in [1.82, 2.24) is 4.90 Å². The first-order chi connectivity index (χ1) is 10.6. The van der Waals surface area contributed by atoms with E-state index in [1.807, 2.05) is 18.2 Å². The van der Waals surface area contributed by atoms with Gasteiger partial charge in [-0.1, -0.05) is 43.3 Å². The van der Waals surface area contributed by atoms with Crippen LogP contribution in [0.25, 0.3) is 0 Å². The number of fused-ring (bicyclic) bond motifs is 1. The van der Waals surface area contributed by atoms with Crippen LogP contribution in [0.2, 0.25) is 0 Å². The molecular formula is C19H23NO2. The Kier molecular flexibility index (Phi) is 4.19. The summed E-state index contributed by atoms with van der Waals surface area (Å²) in [7, 11) is 3.80. The summed E-state index contributed by atoms with van der Waals surface area (Å²) in [5.74, 6) is 1.01. The minimum atomic E-state index is -0.413. The molecule has 0 aliphatic heterocycles. The number of hydrogen-bond acceptors (Lipinski definition) is 3. The molecule has 0 saturated heterocycles. The van der Waals surface area contributed by atoms with Crippen molar-refractivity contribution < 1.29 is 9.84 Å². The normalized spacial score (nSPS) is 23.6. The molecule has 0 amide bonds. The number of aliphatic hydroxyl groups is 1. The molecule has 0 radical (unpaired) electrons. The Hall–Kier alpha value is -1.84. The second kappa shape index (κ2) is 6.11. The number of nitrogens with zero attached hydrogens (tertiary/aromatic N) is 1. The van der Waals surface area contributed by atoms with Crippen molar-refractivity contribution in [1.29, 1.82) is 0 Å². The molecule has 0 aromatic heterocycles. The summed E-state index contributed by atoms with van der Waals surface area (Å²) in [5.41, 5.74) is 3.49. The Morgan fingerprint density at radius 2 is 1.82 bits per heavy atom. The summed E-state index contributed by atoms with van der Waals surface area (Å²) in [4.78, 5) is 2.31. The van der Waals surface area contributed by atoms with E-state index in [1.54, 1.807) is 7.11 Å². The van der Waals surface area contributed by atoms with Crippen molar-refractivity contribution in [2.24, 2.45) is 5.92 Å². The molecule has 0 bridgehead atoms. The first kappa shape index (κ1) is 15.1. The zero-order valence-corrected chi connectivity index (χ0v) is 13.4. The largest absolute Gasteiger partial charge is 0.497 e. The molecule has 22 heavy (non-hydrogen) atoms. The Morgan fingerprint density at radius 3 is 2.50 bits per heavy atom. The summed E-state index contributed by atoms with van der Waals surface area (Å²) in [6.07, 6.45) is -0.413. The highest BCUT2D eigenvalue weighted by Crippen LogP contribution is 2.47. The van der Waals surface area contributed by atoms with Gasteiger partial charge in [0.25, 0.3) is 0 Å². The molecule has 3 atom stereocenters. The van der Waals surface area contributed by atoms with E-state index in [1.165, 1.54) is 11.1 Å². The van der Waals surface area contributed by atoms with Crippen LogP contribution >= 0.6 is 0 Å². The van der Waals surface area contributed by atoms with Gasteiger partial charge in [0.2, 0.25) is 0 Å². The lowest BCUT2D eigenvalue weighted by Gasteiger charge is -2.29. The first-order valence-electron chi connectivity index (χ1n) is 7.72. The molecule has 1 aliphatic rings. The molecule has 2 aromatic carbocycles. The second-order valence-electron chi connectivity index (χ2n) is 6.14. The summed E-state index contributed by atoms with van der Waals surface area (Å²) in [6.45, 7) is 2.97. The molecule has 0 heterocycles. The van der Waals surface area contributed by atoms with Crippen molar-refractivity contribution in [2.45, 2.75) is 25.6 Å². The standard InChI is InChI=1S/C19H23NO2/c1-13-18(20(2)12-14-7-5-4-6-8-14)17-11-15(22-3)9-10-16(17)19(13)21/h4-11,13,18-19,21H,12H2,1-3H3. The van der Waals surface area contributed by atoms with Gasteiger partial charge in [-0.05, 0) is 35.9 Å². The van der Waals surface area contributed by atoms with E-state index < -0.39 is 6.10 Å². The number of aliphatic hydroxyl groups excluding tert-OH is 1. The lowest BCUT2D eigenvalue weighted by Crippen LogP contribution is -2.27. The van der Waals surface area contributed by atoms with Crippen molar-refractivity contribution in [2.75, 3.05) is 14.2 Å². The van der Waals surface area contributed by atoms with Crippen LogP contribution in [0.5, 0.6) is 5.75 Å². The van der Waals surface area contributed by atoms with Crippen LogP contribution in [0.15, 0.2) is 48.5 Å². The van der Waals surface area contributed by atoms with Gasteiger partial charge in [-0.25, -0.2) is 0 Å². The highest BCUT2D eigenvalue weighted by atomic mass is 16.5. The molecule has 3 unspecified atom stereocenters. The van der Waals surface area contributed by atoms with E-state index in [0.29, 0.717) is 0 Å². The SMILES string of the molecule is COc1ccc2c(c1)C(N(C)Cc1ccccc1)C(C)C2O. The fourth-order valence-electron chi connectivity index (χ4n) is 3.55. The van der Waals surface area contributed by atoms with Crippen molar-refractivity contribution in [3.63, 3.8) is 0 Å². The maximum atomic E-state index is 10.5. The third-order valence-corrected chi connectivity index (χ3v) is 4.68. The fraction of sp³-hybridized carbons (Fsp3) is 0.368. The van der Waals surface area contributed by atoms with Gasteiger partial charge in [-0.15, -0.1) is 0 Å². The third kappa shape index (κ3) is 2.62. The van der Waals surface area contributed by atoms with Crippen LogP contribution in [0.1, 0.15) is 35.8 Å². The Labute approximate surface area is 132 Å². The molecule has 3 heteroatoms. The van der Waals surface area contributed by atoms with Gasteiger partial charge in [-0.3, -0.25) is 4.90 Å². The van der Waals surface area contributed by atoms with E-state index in [9.17, 15) is 5.11 Å². The lowest BCUT2D eigenvalue weighted by atomic mass is 9.99. The van der Waals surface area contributed by atoms with Crippen LogP contribution in [-0.4, -0.2) is 24.2 Å². The number of methoxy groups -OCH3 is 1. The molecule has 116 valence electrons. The average Bonchev–Trinajstić information content (AvgIpc) is 2.79. The van der Waals surface area contributed by atoms with E-state index >= 15 is 0 Å².